The first-order valence-electron chi connectivity index (χ1n) is 5.28. The SMILES string of the molecule is S=c1[nH]c2cc(Br)cnc2n1-c1c(Br)cccc1Br. The van der Waals surface area contributed by atoms with Crippen LogP contribution >= 0.6 is 60.0 Å². The number of fused-ring (bicyclic) bond motifs is 1. The van der Waals surface area contributed by atoms with Crippen molar-refractivity contribution in [3.63, 3.8) is 0 Å². The van der Waals surface area contributed by atoms with E-state index in [1.807, 2.05) is 28.8 Å². The van der Waals surface area contributed by atoms with Gasteiger partial charge in [0.1, 0.15) is 0 Å². The van der Waals surface area contributed by atoms with Crippen molar-refractivity contribution >= 4 is 71.2 Å². The van der Waals surface area contributed by atoms with Gasteiger partial charge >= 0.3 is 0 Å². The van der Waals surface area contributed by atoms with Gasteiger partial charge in [-0.25, -0.2) is 4.98 Å². The zero-order chi connectivity index (χ0) is 13.6. The van der Waals surface area contributed by atoms with E-state index < -0.39 is 0 Å². The fraction of sp³-hybridized carbons (Fsp3) is 0. The zero-order valence-corrected chi connectivity index (χ0v) is 14.9. The molecule has 3 rings (SSSR count). The Kier molecular flexibility index (Phi) is 3.63. The van der Waals surface area contributed by atoms with Crippen molar-refractivity contribution in [2.75, 3.05) is 0 Å². The first-order chi connectivity index (χ1) is 9.08. The third kappa shape index (κ3) is 2.33. The van der Waals surface area contributed by atoms with Crippen LogP contribution in [-0.2, 0) is 0 Å². The van der Waals surface area contributed by atoms with E-state index in [4.69, 9.17) is 12.2 Å². The summed E-state index contributed by atoms with van der Waals surface area (Å²) in [6.45, 7) is 0. The van der Waals surface area contributed by atoms with Crippen LogP contribution < -0.4 is 0 Å². The quantitative estimate of drug-likeness (QED) is 0.492. The number of rotatable bonds is 1. The molecule has 1 N–H and O–H groups in total. The molecule has 0 fully saturated rings. The summed E-state index contributed by atoms with van der Waals surface area (Å²) in [6, 6.07) is 7.86. The van der Waals surface area contributed by atoms with Crippen LogP contribution in [0.2, 0.25) is 0 Å². The van der Waals surface area contributed by atoms with Crippen LogP contribution in [0.4, 0.5) is 0 Å². The summed E-state index contributed by atoms with van der Waals surface area (Å²) in [6.07, 6.45) is 1.76. The standard InChI is InChI=1S/C12H6Br3N3S/c13-6-4-9-11(16-5-6)18(12(19)17-9)10-7(14)2-1-3-8(10)15/h1-5H,(H,17,19). The van der Waals surface area contributed by atoms with Gasteiger partial charge in [0.05, 0.1) is 11.2 Å². The average Bonchev–Trinajstić information content (AvgIpc) is 2.65. The number of aromatic amines is 1. The molecule has 7 heteroatoms. The molecule has 3 aromatic rings. The van der Waals surface area contributed by atoms with Gasteiger partial charge in [0.25, 0.3) is 0 Å². The molecule has 0 saturated heterocycles. The predicted octanol–water partition coefficient (Wildman–Crippen LogP) is 5.37. The largest absolute Gasteiger partial charge is 0.329 e. The molecule has 0 aliphatic heterocycles. The maximum Gasteiger partial charge on any atom is 0.184 e. The summed E-state index contributed by atoms with van der Waals surface area (Å²) in [4.78, 5) is 7.60. The topological polar surface area (TPSA) is 33.6 Å². The highest BCUT2D eigenvalue weighted by molar-refractivity contribution is 9.11. The van der Waals surface area contributed by atoms with Crippen molar-refractivity contribution in [1.82, 2.24) is 14.5 Å². The van der Waals surface area contributed by atoms with E-state index in [0.29, 0.717) is 4.77 Å². The van der Waals surface area contributed by atoms with E-state index in [-0.39, 0.29) is 0 Å². The van der Waals surface area contributed by atoms with Gasteiger partial charge in [0, 0.05) is 19.6 Å². The lowest BCUT2D eigenvalue weighted by molar-refractivity contribution is 1.03. The monoisotopic (exact) mass is 461 g/mol. The summed E-state index contributed by atoms with van der Waals surface area (Å²) in [5.41, 5.74) is 2.62. The highest BCUT2D eigenvalue weighted by Crippen LogP contribution is 2.31. The molecule has 2 aromatic heterocycles. The number of H-pyrrole nitrogens is 1. The minimum Gasteiger partial charge on any atom is -0.329 e. The Morgan fingerprint density at radius 1 is 1.16 bits per heavy atom. The third-order valence-corrected chi connectivity index (χ3v) is 4.65. The molecule has 0 spiro atoms. The van der Waals surface area contributed by atoms with Crippen molar-refractivity contribution in [2.45, 2.75) is 0 Å². The van der Waals surface area contributed by atoms with Gasteiger partial charge in [-0.2, -0.15) is 0 Å². The van der Waals surface area contributed by atoms with Crippen LogP contribution in [0.1, 0.15) is 0 Å². The van der Waals surface area contributed by atoms with Crippen LogP contribution in [0.3, 0.4) is 0 Å². The van der Waals surface area contributed by atoms with Gasteiger partial charge in [-0.05, 0) is 78.2 Å². The molecule has 0 aliphatic rings. The third-order valence-electron chi connectivity index (χ3n) is 2.65. The second-order valence-electron chi connectivity index (χ2n) is 3.86. The smallest absolute Gasteiger partial charge is 0.184 e. The van der Waals surface area contributed by atoms with Gasteiger partial charge in [-0.15, -0.1) is 0 Å². The number of hydrogen-bond donors (Lipinski definition) is 1. The molecule has 1 aromatic carbocycles. The second kappa shape index (κ2) is 5.12. The number of halogens is 3. The summed E-state index contributed by atoms with van der Waals surface area (Å²) in [7, 11) is 0. The van der Waals surface area contributed by atoms with E-state index >= 15 is 0 Å². The van der Waals surface area contributed by atoms with Gasteiger partial charge in [0.2, 0.25) is 0 Å². The van der Waals surface area contributed by atoms with Gasteiger partial charge < -0.3 is 4.98 Å². The maximum atomic E-state index is 5.41. The number of hydrogen-bond acceptors (Lipinski definition) is 2. The molecule has 0 bridgehead atoms. The Morgan fingerprint density at radius 2 is 1.84 bits per heavy atom. The molecular weight excluding hydrogens is 458 g/mol. The van der Waals surface area contributed by atoms with Crippen LogP contribution in [-0.4, -0.2) is 14.5 Å². The van der Waals surface area contributed by atoms with Crippen molar-refractivity contribution in [1.29, 1.82) is 0 Å². The molecule has 0 aliphatic carbocycles. The molecule has 0 radical (unpaired) electrons. The Bertz CT molecular complexity index is 818. The van der Waals surface area contributed by atoms with E-state index in [2.05, 4.69) is 57.8 Å². The number of imidazole rings is 1. The highest BCUT2D eigenvalue weighted by Gasteiger charge is 2.13. The minimum absolute atomic E-state index is 0.605. The molecule has 3 nitrogen and oxygen atoms in total. The molecule has 0 amide bonds. The first-order valence-corrected chi connectivity index (χ1v) is 8.07. The van der Waals surface area contributed by atoms with E-state index in [9.17, 15) is 0 Å². The lowest BCUT2D eigenvalue weighted by Crippen LogP contribution is -1.98. The zero-order valence-electron chi connectivity index (χ0n) is 9.32. The number of aromatic nitrogens is 3. The first kappa shape index (κ1) is 13.5. The second-order valence-corrected chi connectivity index (χ2v) is 6.87. The summed E-state index contributed by atoms with van der Waals surface area (Å²) in [5, 5.41) is 0. The van der Waals surface area contributed by atoms with Gasteiger partial charge in [-0.3, -0.25) is 4.57 Å². The number of pyridine rings is 1. The fourth-order valence-corrected chi connectivity index (χ4v) is 3.85. The van der Waals surface area contributed by atoms with Crippen LogP contribution in [0.5, 0.6) is 0 Å². The van der Waals surface area contributed by atoms with E-state index in [0.717, 1.165) is 30.3 Å². The van der Waals surface area contributed by atoms with Crippen molar-refractivity contribution in [2.24, 2.45) is 0 Å². The molecule has 0 unspecified atom stereocenters. The fourth-order valence-electron chi connectivity index (χ4n) is 1.88. The number of nitrogens with one attached hydrogen (secondary N) is 1. The van der Waals surface area contributed by atoms with E-state index in [1.54, 1.807) is 6.20 Å². The molecule has 0 saturated carbocycles. The molecule has 96 valence electrons. The van der Waals surface area contributed by atoms with Crippen LogP contribution in [0.15, 0.2) is 43.9 Å². The van der Waals surface area contributed by atoms with Crippen molar-refractivity contribution < 1.29 is 0 Å². The number of benzene rings is 1. The molecule has 19 heavy (non-hydrogen) atoms. The van der Waals surface area contributed by atoms with Gasteiger partial charge in [-0.1, -0.05) is 6.07 Å². The van der Waals surface area contributed by atoms with Crippen molar-refractivity contribution in [3.05, 3.63) is 48.7 Å². The maximum absolute atomic E-state index is 5.41. The number of nitrogens with zero attached hydrogens (tertiary/aromatic N) is 2. The van der Waals surface area contributed by atoms with E-state index in [1.165, 1.54) is 0 Å². The van der Waals surface area contributed by atoms with Crippen LogP contribution in [0.25, 0.3) is 16.9 Å². The predicted molar refractivity (Wildman–Crippen MR) is 89.4 cm³/mol. The summed E-state index contributed by atoms with van der Waals surface area (Å²) >= 11 is 15.9. The van der Waals surface area contributed by atoms with Crippen molar-refractivity contribution in [3.8, 4) is 5.69 Å². The Morgan fingerprint density at radius 3 is 2.53 bits per heavy atom. The normalized spacial score (nSPS) is 11.1. The highest BCUT2D eigenvalue weighted by atomic mass is 79.9. The Labute approximate surface area is 139 Å². The lowest BCUT2D eigenvalue weighted by Gasteiger charge is -2.09. The average molecular weight is 464 g/mol. The minimum atomic E-state index is 0.605. The summed E-state index contributed by atoms with van der Waals surface area (Å²) in [5.74, 6) is 0. The Hall–Kier alpha value is -0.500. The molecule has 0 atom stereocenters. The Balaban J connectivity index is 2.43. The molecule has 2 heterocycles. The molecular formula is C12H6Br3N3S. The van der Waals surface area contributed by atoms with Crippen LogP contribution in [0, 0.1) is 4.77 Å². The summed E-state index contributed by atoms with van der Waals surface area (Å²) < 4.78 is 5.32. The number of para-hydroxylation sites is 1. The van der Waals surface area contributed by atoms with Gasteiger partial charge in [0.15, 0.2) is 10.4 Å². The lowest BCUT2D eigenvalue weighted by atomic mass is 10.3.